The van der Waals surface area contributed by atoms with Crippen LogP contribution in [0.4, 0.5) is 5.69 Å². The Kier molecular flexibility index (Phi) is 4.14. The summed E-state index contributed by atoms with van der Waals surface area (Å²) in [6, 6.07) is 12.5. The van der Waals surface area contributed by atoms with Crippen LogP contribution in [-0.2, 0) is 16.4 Å². The number of hydrogen-bond donors (Lipinski definition) is 1. The maximum absolute atomic E-state index is 12.3. The summed E-state index contributed by atoms with van der Waals surface area (Å²) in [5.41, 5.74) is 3.84. The molecule has 0 saturated heterocycles. The molecule has 3 nitrogen and oxygen atoms in total. The summed E-state index contributed by atoms with van der Waals surface area (Å²) in [5, 5.41) is 0. The molecule has 0 atom stereocenters. The molecule has 0 heterocycles. The number of rotatable bonds is 4. The second kappa shape index (κ2) is 5.67. The van der Waals surface area contributed by atoms with Gasteiger partial charge < -0.3 is 0 Å². The third kappa shape index (κ3) is 3.20. The lowest BCUT2D eigenvalue weighted by Gasteiger charge is -2.11. The summed E-state index contributed by atoms with van der Waals surface area (Å²) in [4.78, 5) is 0.287. The van der Waals surface area contributed by atoms with E-state index in [9.17, 15) is 8.42 Å². The van der Waals surface area contributed by atoms with Crippen LogP contribution in [0.25, 0.3) is 0 Å². The molecule has 0 spiro atoms. The largest absolute Gasteiger partial charge is 0.280 e. The average molecular weight is 289 g/mol. The highest BCUT2D eigenvalue weighted by Gasteiger charge is 2.14. The minimum absolute atomic E-state index is 0.287. The summed E-state index contributed by atoms with van der Waals surface area (Å²) in [7, 11) is -3.52. The highest BCUT2D eigenvalue weighted by atomic mass is 32.2. The van der Waals surface area contributed by atoms with E-state index in [1.54, 1.807) is 24.3 Å². The van der Waals surface area contributed by atoms with Crippen LogP contribution < -0.4 is 4.72 Å². The number of sulfonamides is 1. The van der Waals surface area contributed by atoms with Gasteiger partial charge >= 0.3 is 0 Å². The molecular weight excluding hydrogens is 270 g/mol. The standard InChI is InChI=1S/C16H19NO2S/c1-4-14-8-9-15(11-13(14)3)17-20(18,19)16-7-5-6-12(2)10-16/h5-11,17H,4H2,1-3H3. The van der Waals surface area contributed by atoms with Crippen molar-refractivity contribution in [3.05, 3.63) is 59.2 Å². The third-order valence-electron chi connectivity index (χ3n) is 3.28. The molecular formula is C16H19NO2S. The van der Waals surface area contributed by atoms with Crippen LogP contribution in [0.3, 0.4) is 0 Å². The molecule has 20 heavy (non-hydrogen) atoms. The summed E-state index contributed by atoms with van der Waals surface area (Å²) in [5.74, 6) is 0. The van der Waals surface area contributed by atoms with Gasteiger partial charge in [0.05, 0.1) is 4.90 Å². The first kappa shape index (κ1) is 14.6. The van der Waals surface area contributed by atoms with Gasteiger partial charge in [0, 0.05) is 5.69 Å². The molecule has 0 aliphatic carbocycles. The number of benzene rings is 2. The van der Waals surface area contributed by atoms with E-state index < -0.39 is 10.0 Å². The molecule has 0 aliphatic heterocycles. The zero-order valence-electron chi connectivity index (χ0n) is 12.0. The van der Waals surface area contributed by atoms with Gasteiger partial charge in [0.15, 0.2) is 0 Å². The molecule has 4 heteroatoms. The fraction of sp³-hybridized carbons (Fsp3) is 0.250. The van der Waals surface area contributed by atoms with Crippen LogP contribution in [0.5, 0.6) is 0 Å². The van der Waals surface area contributed by atoms with Crippen LogP contribution in [0.2, 0.25) is 0 Å². The molecule has 0 fully saturated rings. The van der Waals surface area contributed by atoms with Crippen LogP contribution in [0, 0.1) is 13.8 Å². The molecule has 0 radical (unpaired) electrons. The molecule has 0 amide bonds. The van der Waals surface area contributed by atoms with Crippen LogP contribution in [0.15, 0.2) is 47.4 Å². The zero-order chi connectivity index (χ0) is 14.8. The lowest BCUT2D eigenvalue weighted by atomic mass is 10.1. The summed E-state index contributed by atoms with van der Waals surface area (Å²) in [6.45, 7) is 5.95. The van der Waals surface area contributed by atoms with Crippen molar-refractivity contribution in [3.63, 3.8) is 0 Å². The van der Waals surface area contributed by atoms with Gasteiger partial charge in [0.2, 0.25) is 0 Å². The first-order chi connectivity index (χ1) is 9.42. The molecule has 106 valence electrons. The Morgan fingerprint density at radius 2 is 1.80 bits per heavy atom. The Labute approximate surface area is 120 Å². The second-order valence-corrected chi connectivity index (χ2v) is 6.60. The van der Waals surface area contributed by atoms with Crippen LogP contribution in [0.1, 0.15) is 23.6 Å². The van der Waals surface area contributed by atoms with Gasteiger partial charge in [-0.1, -0.05) is 25.1 Å². The number of anilines is 1. The molecule has 2 rings (SSSR count). The number of hydrogen-bond acceptors (Lipinski definition) is 2. The summed E-state index contributed by atoms with van der Waals surface area (Å²) < 4.78 is 27.2. The van der Waals surface area contributed by atoms with Crippen LogP contribution >= 0.6 is 0 Å². The third-order valence-corrected chi connectivity index (χ3v) is 4.65. The first-order valence-corrected chi connectivity index (χ1v) is 8.09. The SMILES string of the molecule is CCc1ccc(NS(=O)(=O)c2cccc(C)c2)cc1C. The highest BCUT2D eigenvalue weighted by molar-refractivity contribution is 7.92. The van der Waals surface area contributed by atoms with E-state index in [4.69, 9.17) is 0 Å². The summed E-state index contributed by atoms with van der Waals surface area (Å²) >= 11 is 0. The fourth-order valence-electron chi connectivity index (χ4n) is 2.15. The van der Waals surface area contributed by atoms with E-state index in [1.807, 2.05) is 32.0 Å². The molecule has 2 aromatic carbocycles. The maximum atomic E-state index is 12.3. The van der Waals surface area contributed by atoms with Crippen molar-refractivity contribution < 1.29 is 8.42 Å². The summed E-state index contributed by atoms with van der Waals surface area (Å²) in [6.07, 6.45) is 0.941. The zero-order valence-corrected chi connectivity index (χ0v) is 12.8. The number of aryl methyl sites for hydroxylation is 3. The van der Waals surface area contributed by atoms with E-state index >= 15 is 0 Å². The number of nitrogens with one attached hydrogen (secondary N) is 1. The van der Waals surface area contributed by atoms with E-state index in [0.717, 1.165) is 17.5 Å². The quantitative estimate of drug-likeness (QED) is 0.933. The van der Waals surface area contributed by atoms with Gasteiger partial charge in [-0.15, -0.1) is 0 Å². The molecule has 0 aromatic heterocycles. The Hall–Kier alpha value is -1.81. The minimum atomic E-state index is -3.52. The van der Waals surface area contributed by atoms with Crippen molar-refractivity contribution in [1.82, 2.24) is 0 Å². The van der Waals surface area contributed by atoms with Gasteiger partial charge in [0.25, 0.3) is 10.0 Å². The average Bonchev–Trinajstić information content (AvgIpc) is 2.38. The lowest BCUT2D eigenvalue weighted by molar-refractivity contribution is 0.601. The smallest absolute Gasteiger partial charge is 0.261 e. The normalized spacial score (nSPS) is 11.3. The van der Waals surface area contributed by atoms with E-state index in [1.165, 1.54) is 5.56 Å². The van der Waals surface area contributed by atoms with Crippen LogP contribution in [-0.4, -0.2) is 8.42 Å². The van der Waals surface area contributed by atoms with Crippen molar-refractivity contribution in [2.24, 2.45) is 0 Å². The molecule has 0 aliphatic rings. The van der Waals surface area contributed by atoms with E-state index in [-0.39, 0.29) is 4.90 Å². The van der Waals surface area contributed by atoms with Gasteiger partial charge in [-0.2, -0.15) is 0 Å². The Balaban J connectivity index is 2.31. The van der Waals surface area contributed by atoms with Crippen molar-refractivity contribution in [2.75, 3.05) is 4.72 Å². The molecule has 1 N–H and O–H groups in total. The predicted octanol–water partition coefficient (Wildman–Crippen LogP) is 3.67. The van der Waals surface area contributed by atoms with E-state index in [2.05, 4.69) is 11.6 Å². The molecule has 0 unspecified atom stereocenters. The highest BCUT2D eigenvalue weighted by Crippen LogP contribution is 2.20. The van der Waals surface area contributed by atoms with Gasteiger partial charge in [-0.05, 0) is 61.2 Å². The Morgan fingerprint density at radius 1 is 1.05 bits per heavy atom. The van der Waals surface area contributed by atoms with Crippen molar-refractivity contribution in [3.8, 4) is 0 Å². The monoisotopic (exact) mass is 289 g/mol. The molecule has 2 aromatic rings. The minimum Gasteiger partial charge on any atom is -0.280 e. The van der Waals surface area contributed by atoms with E-state index in [0.29, 0.717) is 5.69 Å². The maximum Gasteiger partial charge on any atom is 0.261 e. The van der Waals surface area contributed by atoms with Gasteiger partial charge in [0.1, 0.15) is 0 Å². The van der Waals surface area contributed by atoms with Crippen molar-refractivity contribution in [2.45, 2.75) is 32.1 Å². The first-order valence-electron chi connectivity index (χ1n) is 6.61. The Morgan fingerprint density at radius 3 is 2.40 bits per heavy atom. The topological polar surface area (TPSA) is 46.2 Å². The predicted molar refractivity (Wildman–Crippen MR) is 82.5 cm³/mol. The molecule has 0 bridgehead atoms. The van der Waals surface area contributed by atoms with Gasteiger partial charge in [-0.25, -0.2) is 8.42 Å². The van der Waals surface area contributed by atoms with Gasteiger partial charge in [-0.3, -0.25) is 4.72 Å². The van der Waals surface area contributed by atoms with Crippen molar-refractivity contribution in [1.29, 1.82) is 0 Å². The Bertz CT molecular complexity index is 721. The van der Waals surface area contributed by atoms with Crippen molar-refractivity contribution >= 4 is 15.7 Å². The lowest BCUT2D eigenvalue weighted by Crippen LogP contribution is -2.13. The molecule has 0 saturated carbocycles. The second-order valence-electron chi connectivity index (χ2n) is 4.92. The fourth-order valence-corrected chi connectivity index (χ4v) is 3.31.